The van der Waals surface area contributed by atoms with Gasteiger partial charge in [-0.05, 0) is 61.5 Å². The first-order chi connectivity index (χ1) is 17.0. The molecule has 35 heavy (non-hydrogen) atoms. The van der Waals surface area contributed by atoms with E-state index < -0.39 is 10.0 Å². The van der Waals surface area contributed by atoms with Crippen molar-refractivity contribution >= 4 is 21.2 Å². The molecule has 1 aliphatic heterocycles. The number of hydrogen-bond donors (Lipinski definition) is 0. The van der Waals surface area contributed by atoms with Gasteiger partial charge >= 0.3 is 0 Å². The molecule has 0 amide bonds. The zero-order valence-corrected chi connectivity index (χ0v) is 20.2. The second kappa shape index (κ2) is 9.73. The van der Waals surface area contributed by atoms with Crippen LogP contribution < -0.4 is 4.74 Å². The molecule has 1 aliphatic rings. The molecule has 1 fully saturated rings. The molecule has 2 aromatic heterocycles. The number of nitrogens with zero attached hydrogens (tertiary/aromatic N) is 5. The minimum absolute atomic E-state index is 0.258. The Balaban J connectivity index is 1.33. The monoisotopic (exact) mass is 495 g/mol. The van der Waals surface area contributed by atoms with E-state index in [9.17, 15) is 12.8 Å². The first kappa shape index (κ1) is 23.4. The number of piperazine rings is 1. The van der Waals surface area contributed by atoms with Crippen molar-refractivity contribution in [2.45, 2.75) is 18.4 Å². The lowest BCUT2D eigenvalue weighted by Crippen LogP contribution is -2.48. The molecular formula is C25H26FN5O3S. The van der Waals surface area contributed by atoms with Crippen LogP contribution in [0.2, 0.25) is 0 Å². The number of rotatable bonds is 7. The van der Waals surface area contributed by atoms with E-state index in [4.69, 9.17) is 9.72 Å². The standard InChI is InChI=1S/C25H26FN5O3S/c1-2-34-21-8-10-22(11-9-21)35(32,33)30-15-13-29(14-16-30)18-24-28-23-7-4-12-27-25(23)31(24)20-6-3-5-19(26)17-20/h3-12,17H,2,13-16,18H2,1H3. The van der Waals surface area contributed by atoms with Crippen LogP contribution in [0.1, 0.15) is 12.7 Å². The molecule has 0 aliphatic carbocycles. The van der Waals surface area contributed by atoms with Crippen molar-refractivity contribution in [3.05, 3.63) is 78.5 Å². The molecule has 10 heteroatoms. The number of benzene rings is 2. The molecule has 0 spiro atoms. The SMILES string of the molecule is CCOc1ccc(S(=O)(=O)N2CCN(Cc3nc4cccnc4n3-c3cccc(F)c3)CC2)cc1. The molecule has 0 bridgehead atoms. The first-order valence-electron chi connectivity index (χ1n) is 11.5. The molecule has 0 unspecified atom stereocenters. The summed E-state index contributed by atoms with van der Waals surface area (Å²) in [6, 6.07) is 16.6. The number of ether oxygens (including phenoxy) is 1. The smallest absolute Gasteiger partial charge is 0.243 e. The van der Waals surface area contributed by atoms with Gasteiger partial charge < -0.3 is 4.74 Å². The fourth-order valence-corrected chi connectivity index (χ4v) is 5.73. The van der Waals surface area contributed by atoms with Crippen LogP contribution in [0.3, 0.4) is 0 Å². The summed E-state index contributed by atoms with van der Waals surface area (Å²) >= 11 is 0. The van der Waals surface area contributed by atoms with E-state index in [0.717, 1.165) is 11.3 Å². The lowest BCUT2D eigenvalue weighted by atomic mass is 10.3. The second-order valence-electron chi connectivity index (χ2n) is 8.27. The van der Waals surface area contributed by atoms with E-state index in [1.54, 1.807) is 36.5 Å². The van der Waals surface area contributed by atoms with Crippen molar-refractivity contribution in [1.29, 1.82) is 0 Å². The molecule has 4 aromatic rings. The van der Waals surface area contributed by atoms with Gasteiger partial charge in [0.1, 0.15) is 22.9 Å². The van der Waals surface area contributed by atoms with Gasteiger partial charge in [-0.25, -0.2) is 22.8 Å². The Hall–Kier alpha value is -3.34. The van der Waals surface area contributed by atoms with Crippen molar-refractivity contribution in [1.82, 2.24) is 23.7 Å². The van der Waals surface area contributed by atoms with E-state index in [1.165, 1.54) is 16.4 Å². The molecule has 0 atom stereocenters. The maximum Gasteiger partial charge on any atom is 0.243 e. The Morgan fingerprint density at radius 3 is 2.49 bits per heavy atom. The Labute approximate surface area is 203 Å². The molecule has 182 valence electrons. The van der Waals surface area contributed by atoms with Crippen molar-refractivity contribution in [3.63, 3.8) is 0 Å². The predicted octanol–water partition coefficient (Wildman–Crippen LogP) is 3.46. The summed E-state index contributed by atoms with van der Waals surface area (Å²) in [6.45, 7) is 4.74. The minimum Gasteiger partial charge on any atom is -0.494 e. The molecule has 2 aromatic carbocycles. The van der Waals surface area contributed by atoms with Crippen molar-refractivity contribution in [2.75, 3.05) is 32.8 Å². The summed E-state index contributed by atoms with van der Waals surface area (Å²) in [5.41, 5.74) is 2.03. The number of imidazole rings is 1. The lowest BCUT2D eigenvalue weighted by molar-refractivity contribution is 0.177. The topological polar surface area (TPSA) is 80.6 Å². The van der Waals surface area contributed by atoms with Crippen LogP contribution in [0.15, 0.2) is 71.8 Å². The summed E-state index contributed by atoms with van der Waals surface area (Å²) in [4.78, 5) is 11.6. The molecule has 0 radical (unpaired) electrons. The maximum atomic E-state index is 14.0. The largest absolute Gasteiger partial charge is 0.494 e. The summed E-state index contributed by atoms with van der Waals surface area (Å²) in [6.07, 6.45) is 1.69. The van der Waals surface area contributed by atoms with Gasteiger partial charge in [0, 0.05) is 32.4 Å². The van der Waals surface area contributed by atoms with Crippen molar-refractivity contribution < 1.29 is 17.5 Å². The van der Waals surface area contributed by atoms with E-state index in [-0.39, 0.29) is 10.7 Å². The Bertz CT molecular complexity index is 1430. The van der Waals surface area contributed by atoms with Gasteiger partial charge in [-0.1, -0.05) is 6.07 Å². The second-order valence-corrected chi connectivity index (χ2v) is 10.2. The van der Waals surface area contributed by atoms with Gasteiger partial charge in [0.05, 0.1) is 23.7 Å². The van der Waals surface area contributed by atoms with Crippen LogP contribution in [0.5, 0.6) is 5.75 Å². The van der Waals surface area contributed by atoms with E-state index in [0.29, 0.717) is 56.4 Å². The highest BCUT2D eigenvalue weighted by molar-refractivity contribution is 7.89. The molecule has 1 saturated heterocycles. The van der Waals surface area contributed by atoms with Crippen LogP contribution in [0.25, 0.3) is 16.9 Å². The number of halogens is 1. The third kappa shape index (κ3) is 4.77. The van der Waals surface area contributed by atoms with Crippen LogP contribution in [0, 0.1) is 5.82 Å². The minimum atomic E-state index is -3.59. The fraction of sp³-hybridized carbons (Fsp3) is 0.280. The molecule has 0 N–H and O–H groups in total. The van der Waals surface area contributed by atoms with Crippen molar-refractivity contribution in [2.24, 2.45) is 0 Å². The van der Waals surface area contributed by atoms with Gasteiger partial charge in [-0.15, -0.1) is 0 Å². The third-order valence-electron chi connectivity index (χ3n) is 6.02. The molecule has 0 saturated carbocycles. The fourth-order valence-electron chi connectivity index (χ4n) is 4.30. The normalized spacial score (nSPS) is 15.5. The number of fused-ring (bicyclic) bond motifs is 1. The Morgan fingerprint density at radius 1 is 1.00 bits per heavy atom. The summed E-state index contributed by atoms with van der Waals surface area (Å²) < 4.78 is 49.0. The Morgan fingerprint density at radius 2 is 1.77 bits per heavy atom. The van der Waals surface area contributed by atoms with E-state index in [2.05, 4.69) is 9.88 Å². The van der Waals surface area contributed by atoms with Crippen LogP contribution in [-0.4, -0.2) is 64.9 Å². The Kier molecular flexibility index (Phi) is 6.50. The van der Waals surface area contributed by atoms with Crippen LogP contribution in [0.4, 0.5) is 4.39 Å². The van der Waals surface area contributed by atoms with Gasteiger partial charge in [-0.3, -0.25) is 9.47 Å². The van der Waals surface area contributed by atoms with Gasteiger partial charge in [0.15, 0.2) is 5.65 Å². The van der Waals surface area contributed by atoms with Gasteiger partial charge in [0.2, 0.25) is 10.0 Å². The molecular weight excluding hydrogens is 469 g/mol. The van der Waals surface area contributed by atoms with Gasteiger partial charge in [-0.2, -0.15) is 4.31 Å². The van der Waals surface area contributed by atoms with Crippen molar-refractivity contribution in [3.8, 4) is 11.4 Å². The average Bonchev–Trinajstić information content (AvgIpc) is 3.23. The summed E-state index contributed by atoms with van der Waals surface area (Å²) in [7, 11) is -3.59. The summed E-state index contributed by atoms with van der Waals surface area (Å²) in [5, 5.41) is 0. The highest BCUT2D eigenvalue weighted by Crippen LogP contribution is 2.24. The number of hydrogen-bond acceptors (Lipinski definition) is 6. The third-order valence-corrected chi connectivity index (χ3v) is 7.93. The number of pyridine rings is 1. The zero-order chi connectivity index (χ0) is 24.4. The maximum absolute atomic E-state index is 14.0. The van der Waals surface area contributed by atoms with E-state index >= 15 is 0 Å². The molecule has 5 rings (SSSR count). The molecule has 3 heterocycles. The van der Waals surface area contributed by atoms with Gasteiger partial charge in [0.25, 0.3) is 0 Å². The lowest BCUT2D eigenvalue weighted by Gasteiger charge is -2.33. The summed E-state index contributed by atoms with van der Waals surface area (Å²) in [5.74, 6) is 1.04. The molecule has 8 nitrogen and oxygen atoms in total. The van der Waals surface area contributed by atoms with E-state index in [1.807, 2.05) is 29.7 Å². The average molecular weight is 496 g/mol. The first-order valence-corrected chi connectivity index (χ1v) is 12.9. The predicted molar refractivity (Wildman–Crippen MR) is 130 cm³/mol. The zero-order valence-electron chi connectivity index (χ0n) is 19.3. The number of aromatic nitrogens is 3. The highest BCUT2D eigenvalue weighted by Gasteiger charge is 2.29. The quantitative estimate of drug-likeness (QED) is 0.391. The highest BCUT2D eigenvalue weighted by atomic mass is 32.2. The number of sulfonamides is 1. The van der Waals surface area contributed by atoms with Crippen LogP contribution in [-0.2, 0) is 16.6 Å². The van der Waals surface area contributed by atoms with Crippen LogP contribution >= 0.6 is 0 Å².